The Balaban J connectivity index is 1.63. The van der Waals surface area contributed by atoms with Gasteiger partial charge in [-0.05, 0) is 37.1 Å². The van der Waals surface area contributed by atoms with E-state index in [2.05, 4.69) is 5.32 Å². The van der Waals surface area contributed by atoms with Crippen LogP contribution in [-0.2, 0) is 10.5 Å². The number of carboxylic acids is 1. The zero-order valence-corrected chi connectivity index (χ0v) is 10.4. The van der Waals surface area contributed by atoms with Gasteiger partial charge in [0, 0.05) is 6.04 Å². The number of furan rings is 1. The third kappa shape index (κ3) is 4.44. The fourth-order valence-corrected chi connectivity index (χ4v) is 2.49. The van der Waals surface area contributed by atoms with E-state index in [4.69, 9.17) is 9.52 Å². The molecule has 2 N–H and O–H groups in total. The molecule has 1 aliphatic rings. The molecule has 2 rings (SSSR count). The van der Waals surface area contributed by atoms with Gasteiger partial charge < -0.3 is 14.8 Å². The summed E-state index contributed by atoms with van der Waals surface area (Å²) in [4.78, 5) is 11.0. The largest absolute Gasteiger partial charge is 0.480 e. The Hall–Kier alpha value is -0.940. The van der Waals surface area contributed by atoms with E-state index < -0.39 is 12.0 Å². The van der Waals surface area contributed by atoms with Gasteiger partial charge in [0.1, 0.15) is 11.8 Å². The molecule has 1 heterocycles. The zero-order chi connectivity index (χ0) is 12.1. The van der Waals surface area contributed by atoms with Crippen molar-refractivity contribution in [2.45, 2.75) is 37.1 Å². The first-order valence-corrected chi connectivity index (χ1v) is 7.00. The Morgan fingerprint density at radius 1 is 1.65 bits per heavy atom. The smallest absolute Gasteiger partial charge is 0.320 e. The van der Waals surface area contributed by atoms with E-state index in [9.17, 15) is 4.79 Å². The van der Waals surface area contributed by atoms with Crippen molar-refractivity contribution in [2.24, 2.45) is 0 Å². The standard InChI is InChI=1S/C12H17NO3S/c14-12(15)11(13-9-3-4-9)5-7-17-8-10-2-1-6-16-10/h1-2,6,9,11,13H,3-5,7-8H2,(H,14,15). The molecule has 0 amide bonds. The summed E-state index contributed by atoms with van der Waals surface area (Å²) in [7, 11) is 0. The van der Waals surface area contributed by atoms with Gasteiger partial charge >= 0.3 is 5.97 Å². The molecular formula is C12H17NO3S. The van der Waals surface area contributed by atoms with Crippen molar-refractivity contribution in [1.82, 2.24) is 5.32 Å². The number of carbonyl (C=O) groups is 1. The van der Waals surface area contributed by atoms with Crippen LogP contribution >= 0.6 is 11.8 Å². The molecule has 1 aromatic rings. The molecule has 1 aromatic heterocycles. The molecule has 0 aromatic carbocycles. The minimum absolute atomic E-state index is 0.397. The van der Waals surface area contributed by atoms with Crippen LogP contribution in [0, 0.1) is 0 Å². The minimum atomic E-state index is -0.740. The fourth-order valence-electron chi connectivity index (χ4n) is 1.58. The number of hydrogen-bond donors (Lipinski definition) is 2. The van der Waals surface area contributed by atoms with Crippen molar-refractivity contribution in [3.8, 4) is 0 Å². The number of rotatable bonds is 8. The Bertz CT molecular complexity index is 349. The van der Waals surface area contributed by atoms with Crippen LogP contribution in [0.3, 0.4) is 0 Å². The monoisotopic (exact) mass is 255 g/mol. The summed E-state index contributed by atoms with van der Waals surface area (Å²) in [5.74, 6) is 1.84. The molecule has 94 valence electrons. The number of nitrogens with one attached hydrogen (secondary N) is 1. The van der Waals surface area contributed by atoms with Crippen LogP contribution < -0.4 is 5.32 Å². The van der Waals surface area contributed by atoms with E-state index in [-0.39, 0.29) is 0 Å². The lowest BCUT2D eigenvalue weighted by molar-refractivity contribution is -0.139. The number of carboxylic acid groups (broad SMARTS) is 1. The van der Waals surface area contributed by atoms with Crippen molar-refractivity contribution < 1.29 is 14.3 Å². The van der Waals surface area contributed by atoms with Crippen molar-refractivity contribution in [3.05, 3.63) is 24.2 Å². The highest BCUT2D eigenvalue weighted by molar-refractivity contribution is 7.98. The maximum absolute atomic E-state index is 11.0. The molecule has 0 saturated heterocycles. The van der Waals surface area contributed by atoms with Gasteiger partial charge in [0.15, 0.2) is 0 Å². The van der Waals surface area contributed by atoms with Gasteiger partial charge in [0.2, 0.25) is 0 Å². The van der Waals surface area contributed by atoms with Gasteiger partial charge in [-0.2, -0.15) is 11.8 Å². The van der Waals surface area contributed by atoms with Crippen molar-refractivity contribution in [2.75, 3.05) is 5.75 Å². The number of aliphatic carboxylic acids is 1. The third-order valence-corrected chi connectivity index (χ3v) is 3.70. The molecule has 1 unspecified atom stereocenters. The average molecular weight is 255 g/mol. The molecule has 1 aliphatic carbocycles. The van der Waals surface area contributed by atoms with Crippen molar-refractivity contribution in [3.63, 3.8) is 0 Å². The second-order valence-corrected chi connectivity index (χ2v) is 5.36. The Kier molecular flexibility index (Phi) is 4.50. The Morgan fingerprint density at radius 3 is 3.06 bits per heavy atom. The molecule has 17 heavy (non-hydrogen) atoms. The SMILES string of the molecule is O=C(O)C(CCSCc1ccco1)NC1CC1. The molecule has 0 radical (unpaired) electrons. The van der Waals surface area contributed by atoms with Crippen LogP contribution in [0.5, 0.6) is 0 Å². The van der Waals surface area contributed by atoms with E-state index in [1.807, 2.05) is 12.1 Å². The summed E-state index contributed by atoms with van der Waals surface area (Å²) in [6, 6.07) is 3.84. The summed E-state index contributed by atoms with van der Waals surface area (Å²) in [6.45, 7) is 0. The molecule has 0 spiro atoms. The third-order valence-electron chi connectivity index (χ3n) is 2.69. The fraction of sp³-hybridized carbons (Fsp3) is 0.583. The Morgan fingerprint density at radius 2 is 2.47 bits per heavy atom. The second-order valence-electron chi connectivity index (χ2n) is 4.25. The lowest BCUT2D eigenvalue weighted by Crippen LogP contribution is -2.38. The molecule has 1 atom stereocenters. The van der Waals surface area contributed by atoms with Crippen LogP contribution in [0.15, 0.2) is 22.8 Å². The highest BCUT2D eigenvalue weighted by atomic mass is 32.2. The maximum atomic E-state index is 11.0. The van der Waals surface area contributed by atoms with Crippen LogP contribution in [0.25, 0.3) is 0 Å². The number of hydrogen-bond acceptors (Lipinski definition) is 4. The molecule has 1 saturated carbocycles. The van der Waals surface area contributed by atoms with Gasteiger partial charge in [-0.3, -0.25) is 4.79 Å². The van der Waals surface area contributed by atoms with E-state index in [0.717, 1.165) is 30.1 Å². The van der Waals surface area contributed by atoms with Crippen LogP contribution in [0.2, 0.25) is 0 Å². The van der Waals surface area contributed by atoms with E-state index in [1.165, 1.54) is 0 Å². The maximum Gasteiger partial charge on any atom is 0.320 e. The molecule has 4 nitrogen and oxygen atoms in total. The van der Waals surface area contributed by atoms with Gasteiger partial charge in [0.25, 0.3) is 0 Å². The molecule has 0 bridgehead atoms. The predicted molar refractivity (Wildman–Crippen MR) is 67.1 cm³/mol. The Labute approximate surface area is 105 Å². The van der Waals surface area contributed by atoms with Gasteiger partial charge in [0.05, 0.1) is 12.0 Å². The number of thioether (sulfide) groups is 1. The quantitative estimate of drug-likeness (QED) is 0.697. The first-order valence-electron chi connectivity index (χ1n) is 5.84. The van der Waals surface area contributed by atoms with Crippen molar-refractivity contribution in [1.29, 1.82) is 0 Å². The van der Waals surface area contributed by atoms with E-state index >= 15 is 0 Å². The van der Waals surface area contributed by atoms with Crippen LogP contribution in [-0.4, -0.2) is 28.9 Å². The topological polar surface area (TPSA) is 62.5 Å². The van der Waals surface area contributed by atoms with Gasteiger partial charge in [-0.15, -0.1) is 0 Å². The van der Waals surface area contributed by atoms with Crippen molar-refractivity contribution >= 4 is 17.7 Å². The summed E-state index contributed by atoms with van der Waals surface area (Å²) >= 11 is 1.71. The average Bonchev–Trinajstić information content (AvgIpc) is 2.96. The highest BCUT2D eigenvalue weighted by Crippen LogP contribution is 2.21. The highest BCUT2D eigenvalue weighted by Gasteiger charge is 2.27. The summed E-state index contributed by atoms with van der Waals surface area (Å²) < 4.78 is 5.21. The minimum Gasteiger partial charge on any atom is -0.480 e. The van der Waals surface area contributed by atoms with Crippen LogP contribution in [0.4, 0.5) is 0 Å². The lowest BCUT2D eigenvalue weighted by Gasteiger charge is -2.13. The van der Waals surface area contributed by atoms with Gasteiger partial charge in [-0.25, -0.2) is 0 Å². The molecular weight excluding hydrogens is 238 g/mol. The van der Waals surface area contributed by atoms with E-state index in [1.54, 1.807) is 18.0 Å². The summed E-state index contributed by atoms with van der Waals surface area (Å²) in [6.07, 6.45) is 4.55. The molecule has 1 fully saturated rings. The first kappa shape index (κ1) is 12.5. The molecule has 5 heteroatoms. The molecule has 0 aliphatic heterocycles. The summed E-state index contributed by atoms with van der Waals surface area (Å²) in [5.41, 5.74) is 0. The van der Waals surface area contributed by atoms with Gasteiger partial charge in [-0.1, -0.05) is 0 Å². The zero-order valence-electron chi connectivity index (χ0n) is 9.59. The first-order chi connectivity index (χ1) is 8.25. The van der Waals surface area contributed by atoms with E-state index in [0.29, 0.717) is 12.5 Å². The summed E-state index contributed by atoms with van der Waals surface area (Å²) in [5, 5.41) is 12.2. The van der Waals surface area contributed by atoms with Crippen LogP contribution in [0.1, 0.15) is 25.0 Å². The lowest BCUT2D eigenvalue weighted by atomic mass is 10.2. The predicted octanol–water partition coefficient (Wildman–Crippen LogP) is 2.11. The second kappa shape index (κ2) is 6.12. The normalized spacial score (nSPS) is 16.9.